The van der Waals surface area contributed by atoms with Gasteiger partial charge in [0.05, 0.1) is 5.60 Å². The quantitative estimate of drug-likeness (QED) is 0.265. The highest BCUT2D eigenvalue weighted by Crippen LogP contribution is 2.44. The molecular formula is C31H31ClF2N2O3. The number of rotatable bonds is 6. The summed E-state index contributed by atoms with van der Waals surface area (Å²) in [6.07, 6.45) is 2.35. The van der Waals surface area contributed by atoms with Gasteiger partial charge in [-0.25, -0.2) is 18.6 Å². The lowest BCUT2D eigenvalue weighted by Gasteiger charge is -2.28. The van der Waals surface area contributed by atoms with E-state index in [2.05, 4.69) is 4.57 Å². The molecule has 8 heteroatoms. The topological polar surface area (TPSA) is 64.4 Å². The van der Waals surface area contributed by atoms with Crippen LogP contribution in [-0.2, 0) is 28.9 Å². The first kappa shape index (κ1) is 27.3. The number of aryl methyl sites for hydroxylation is 2. The number of hydrogen-bond donors (Lipinski definition) is 1. The number of ether oxygens (including phenoxy) is 1. The Morgan fingerprint density at radius 3 is 2.44 bits per heavy atom. The van der Waals surface area contributed by atoms with Crippen molar-refractivity contribution in [3.8, 4) is 11.1 Å². The zero-order chi connectivity index (χ0) is 28.1. The predicted molar refractivity (Wildman–Crippen MR) is 148 cm³/mol. The molecule has 4 aromatic rings. The Morgan fingerprint density at radius 2 is 1.79 bits per heavy atom. The van der Waals surface area contributed by atoms with Crippen LogP contribution in [0, 0.1) is 18.6 Å². The fraction of sp³-hybridized carbons (Fsp3) is 0.355. The summed E-state index contributed by atoms with van der Waals surface area (Å²) < 4.78 is 36.0. The van der Waals surface area contributed by atoms with Gasteiger partial charge in [-0.1, -0.05) is 29.8 Å². The van der Waals surface area contributed by atoms with Crippen molar-refractivity contribution in [2.75, 3.05) is 0 Å². The van der Waals surface area contributed by atoms with Crippen LogP contribution in [-0.4, -0.2) is 26.2 Å². The smallest absolute Gasteiger partial charge is 0.337 e. The molecule has 0 amide bonds. The molecule has 0 saturated carbocycles. The van der Waals surface area contributed by atoms with Crippen molar-refractivity contribution in [3.63, 3.8) is 0 Å². The zero-order valence-corrected chi connectivity index (χ0v) is 23.2. The summed E-state index contributed by atoms with van der Waals surface area (Å²) in [6.45, 7) is 7.59. The largest absolute Gasteiger partial charge is 0.479 e. The van der Waals surface area contributed by atoms with Gasteiger partial charge >= 0.3 is 5.97 Å². The molecule has 204 valence electrons. The minimum atomic E-state index is -1.25. The average molecular weight is 553 g/mol. The van der Waals surface area contributed by atoms with Crippen LogP contribution >= 0.6 is 11.6 Å². The van der Waals surface area contributed by atoms with Crippen molar-refractivity contribution in [2.45, 2.75) is 71.6 Å². The number of nitrogens with zero attached hydrogens (tertiary/aromatic N) is 2. The third-order valence-electron chi connectivity index (χ3n) is 7.14. The van der Waals surface area contributed by atoms with E-state index in [-0.39, 0.29) is 0 Å². The molecule has 0 fully saturated rings. The average Bonchev–Trinajstić information content (AvgIpc) is 3.17. The molecule has 1 N–H and O–H groups in total. The molecule has 0 bridgehead atoms. The molecule has 1 aliphatic carbocycles. The maximum Gasteiger partial charge on any atom is 0.337 e. The molecule has 0 radical (unpaired) electrons. The van der Waals surface area contributed by atoms with Crippen LogP contribution in [0.1, 0.15) is 67.8 Å². The van der Waals surface area contributed by atoms with Gasteiger partial charge in [0.2, 0.25) is 0 Å². The fourth-order valence-corrected chi connectivity index (χ4v) is 5.71. The number of carbonyl (C=O) groups is 1. The molecule has 1 aliphatic rings. The fourth-order valence-electron chi connectivity index (χ4n) is 5.58. The second kappa shape index (κ2) is 10.4. The summed E-state index contributed by atoms with van der Waals surface area (Å²) in [5.74, 6) is -2.88. The molecule has 0 unspecified atom stereocenters. The van der Waals surface area contributed by atoms with E-state index < -0.39 is 29.3 Å². The standard InChI is InChI=1S/C31H31ClF2N2O3/c1-17-25(28(30(37)38)39-31(2,3)4)26(19-10-12-20(32)13-11-19)27-21-7-5-6-8-24(21)36(29(27)35-17)16-18-9-14-22(33)23(34)15-18/h9-15,28H,5-8,16H2,1-4H3,(H,37,38)/t28-/m0/s1. The van der Waals surface area contributed by atoms with E-state index in [0.717, 1.165) is 59.5 Å². The molecule has 39 heavy (non-hydrogen) atoms. The molecule has 0 aliphatic heterocycles. The lowest BCUT2D eigenvalue weighted by molar-refractivity contribution is -0.160. The highest BCUT2D eigenvalue weighted by atomic mass is 35.5. The van der Waals surface area contributed by atoms with Gasteiger partial charge in [-0.05, 0) is 94.3 Å². The van der Waals surface area contributed by atoms with Gasteiger partial charge in [-0.2, -0.15) is 0 Å². The second-order valence-corrected chi connectivity index (χ2v) is 11.5. The Morgan fingerprint density at radius 1 is 1.10 bits per heavy atom. The van der Waals surface area contributed by atoms with E-state index in [1.54, 1.807) is 25.1 Å². The predicted octanol–water partition coefficient (Wildman–Crippen LogP) is 7.81. The van der Waals surface area contributed by atoms with Crippen LogP contribution in [0.4, 0.5) is 8.78 Å². The molecule has 2 aromatic carbocycles. The number of halogens is 3. The molecule has 5 nitrogen and oxygen atoms in total. The first-order valence-corrected chi connectivity index (χ1v) is 13.5. The van der Waals surface area contributed by atoms with Crippen molar-refractivity contribution in [3.05, 3.63) is 87.2 Å². The van der Waals surface area contributed by atoms with Crippen molar-refractivity contribution < 1.29 is 23.4 Å². The Balaban J connectivity index is 1.85. The van der Waals surface area contributed by atoms with Crippen molar-refractivity contribution in [1.82, 2.24) is 9.55 Å². The van der Waals surface area contributed by atoms with Crippen molar-refractivity contribution in [1.29, 1.82) is 0 Å². The normalized spacial score (nSPS) is 14.4. The van der Waals surface area contributed by atoms with Gasteiger partial charge < -0.3 is 14.4 Å². The highest BCUT2D eigenvalue weighted by Gasteiger charge is 2.34. The van der Waals surface area contributed by atoms with Crippen LogP contribution in [0.15, 0.2) is 42.5 Å². The Kier molecular flexibility index (Phi) is 7.25. The van der Waals surface area contributed by atoms with E-state index >= 15 is 0 Å². The van der Waals surface area contributed by atoms with E-state index in [9.17, 15) is 18.7 Å². The highest BCUT2D eigenvalue weighted by molar-refractivity contribution is 6.30. The van der Waals surface area contributed by atoms with Crippen LogP contribution in [0.3, 0.4) is 0 Å². The monoisotopic (exact) mass is 552 g/mol. The molecule has 2 heterocycles. The molecule has 5 rings (SSSR count). The molecule has 1 atom stereocenters. The van der Waals surface area contributed by atoms with Crippen molar-refractivity contribution in [2.24, 2.45) is 0 Å². The number of carboxylic acid groups (broad SMARTS) is 1. The summed E-state index contributed by atoms with van der Waals surface area (Å²) in [5.41, 5.74) is 5.39. The molecule has 0 spiro atoms. The van der Waals surface area contributed by atoms with Gasteiger partial charge in [0.25, 0.3) is 0 Å². The first-order valence-electron chi connectivity index (χ1n) is 13.1. The number of fused-ring (bicyclic) bond motifs is 3. The zero-order valence-electron chi connectivity index (χ0n) is 22.4. The number of pyridine rings is 1. The second-order valence-electron chi connectivity index (χ2n) is 11.1. The van der Waals surface area contributed by atoms with E-state index in [4.69, 9.17) is 21.3 Å². The van der Waals surface area contributed by atoms with E-state index in [1.807, 2.05) is 32.9 Å². The SMILES string of the molecule is Cc1nc2c(c3c(n2Cc2ccc(F)c(F)c2)CCCC3)c(-c2ccc(Cl)cc2)c1[C@H](OC(C)(C)C)C(=O)O. The van der Waals surface area contributed by atoms with Gasteiger partial charge in [0.1, 0.15) is 5.65 Å². The Hall–Kier alpha value is -3.29. The third-order valence-corrected chi connectivity index (χ3v) is 7.40. The van der Waals surface area contributed by atoms with E-state index in [0.29, 0.717) is 34.0 Å². The Labute approximate surface area is 231 Å². The summed E-state index contributed by atoms with van der Waals surface area (Å²) >= 11 is 6.23. The van der Waals surface area contributed by atoms with Crippen molar-refractivity contribution >= 4 is 28.6 Å². The minimum Gasteiger partial charge on any atom is -0.479 e. The van der Waals surface area contributed by atoms with Crippen LogP contribution in [0.2, 0.25) is 5.02 Å². The molecule has 2 aromatic heterocycles. The summed E-state index contributed by atoms with van der Waals surface area (Å²) in [4.78, 5) is 17.6. The number of hydrogen-bond acceptors (Lipinski definition) is 3. The summed E-state index contributed by atoms with van der Waals surface area (Å²) in [6, 6.07) is 11.3. The molecular weight excluding hydrogens is 522 g/mol. The van der Waals surface area contributed by atoms with Crippen LogP contribution in [0.5, 0.6) is 0 Å². The van der Waals surface area contributed by atoms with Gasteiger partial charge in [-0.15, -0.1) is 0 Å². The van der Waals surface area contributed by atoms with E-state index in [1.165, 1.54) is 6.07 Å². The number of carboxylic acids is 1. The summed E-state index contributed by atoms with van der Waals surface area (Å²) in [5, 5.41) is 11.8. The minimum absolute atomic E-state index is 0.315. The summed E-state index contributed by atoms with van der Waals surface area (Å²) in [7, 11) is 0. The maximum atomic E-state index is 14.1. The number of aromatic nitrogens is 2. The first-order chi connectivity index (χ1) is 18.4. The third kappa shape index (κ3) is 5.30. The maximum absolute atomic E-state index is 14.1. The van der Waals surface area contributed by atoms with Crippen LogP contribution < -0.4 is 0 Å². The lowest BCUT2D eigenvalue weighted by Crippen LogP contribution is -2.28. The number of benzene rings is 2. The Bertz CT molecular complexity index is 1570. The van der Waals surface area contributed by atoms with Gasteiger partial charge in [0.15, 0.2) is 17.7 Å². The van der Waals surface area contributed by atoms with Crippen LogP contribution in [0.25, 0.3) is 22.2 Å². The lowest BCUT2D eigenvalue weighted by atomic mass is 9.88. The van der Waals surface area contributed by atoms with Gasteiger partial charge in [-0.3, -0.25) is 0 Å². The van der Waals surface area contributed by atoms with Gasteiger partial charge in [0, 0.05) is 39.5 Å². The number of aliphatic carboxylic acids is 1. The molecule has 0 saturated heterocycles.